The maximum atomic E-state index is 4.31. The second-order valence-corrected chi connectivity index (χ2v) is 5.09. The summed E-state index contributed by atoms with van der Waals surface area (Å²) < 4.78 is 2.39. The van der Waals surface area contributed by atoms with Gasteiger partial charge in [0.05, 0.1) is 6.33 Å². The zero-order chi connectivity index (χ0) is 10.9. The molecule has 84 valence electrons. The first-order valence-corrected chi connectivity index (χ1v) is 5.87. The predicted molar refractivity (Wildman–Crippen MR) is 62.1 cm³/mol. The van der Waals surface area contributed by atoms with Crippen LogP contribution in [0.5, 0.6) is 0 Å². The summed E-state index contributed by atoms with van der Waals surface area (Å²) in [7, 11) is 0. The molecule has 0 unspecified atom stereocenters. The van der Waals surface area contributed by atoms with E-state index in [2.05, 4.69) is 35.6 Å². The van der Waals surface area contributed by atoms with Crippen LogP contribution in [-0.2, 0) is 5.54 Å². The van der Waals surface area contributed by atoms with Gasteiger partial charge in [-0.25, -0.2) is 4.98 Å². The predicted octanol–water partition coefficient (Wildman–Crippen LogP) is 2.11. The molecule has 0 bridgehead atoms. The van der Waals surface area contributed by atoms with Gasteiger partial charge in [0.15, 0.2) is 0 Å². The standard InChI is InChI=1S/C12H21N3/c1-10(2)11-8-14-9-15(11)12(3)4-6-13-7-5-12/h8-10,13H,4-7H2,1-3H3. The maximum Gasteiger partial charge on any atom is 0.0953 e. The van der Waals surface area contributed by atoms with Crippen molar-refractivity contribution in [2.24, 2.45) is 0 Å². The Morgan fingerprint density at radius 1 is 1.40 bits per heavy atom. The van der Waals surface area contributed by atoms with Crippen LogP contribution in [0.25, 0.3) is 0 Å². The molecule has 0 radical (unpaired) electrons. The molecule has 1 aromatic heterocycles. The molecule has 2 rings (SSSR count). The molecule has 1 aromatic rings. The van der Waals surface area contributed by atoms with Crippen molar-refractivity contribution in [2.45, 2.75) is 45.1 Å². The minimum atomic E-state index is 0.265. The van der Waals surface area contributed by atoms with Gasteiger partial charge in [-0.3, -0.25) is 0 Å². The first-order valence-electron chi connectivity index (χ1n) is 5.87. The lowest BCUT2D eigenvalue weighted by Gasteiger charge is -2.37. The summed E-state index contributed by atoms with van der Waals surface area (Å²) in [6, 6.07) is 0. The van der Waals surface area contributed by atoms with E-state index >= 15 is 0 Å². The molecule has 3 heteroatoms. The van der Waals surface area contributed by atoms with Crippen molar-refractivity contribution in [3.05, 3.63) is 18.2 Å². The smallest absolute Gasteiger partial charge is 0.0953 e. The number of rotatable bonds is 2. The van der Waals surface area contributed by atoms with Crippen LogP contribution in [0.1, 0.15) is 45.2 Å². The molecule has 0 aromatic carbocycles. The summed E-state index contributed by atoms with van der Waals surface area (Å²) in [4.78, 5) is 4.31. The maximum absolute atomic E-state index is 4.31. The first kappa shape index (κ1) is 10.7. The van der Waals surface area contributed by atoms with Crippen molar-refractivity contribution in [3.8, 4) is 0 Å². The Labute approximate surface area is 91.9 Å². The van der Waals surface area contributed by atoms with Crippen molar-refractivity contribution in [2.75, 3.05) is 13.1 Å². The number of imidazole rings is 1. The summed E-state index contributed by atoms with van der Waals surface area (Å²) in [5.74, 6) is 0.555. The normalized spacial score (nSPS) is 20.8. The molecular formula is C12H21N3. The van der Waals surface area contributed by atoms with Crippen LogP contribution in [-0.4, -0.2) is 22.6 Å². The summed E-state index contributed by atoms with van der Waals surface area (Å²) in [6.45, 7) is 9.05. The molecule has 1 saturated heterocycles. The van der Waals surface area contributed by atoms with E-state index in [0.717, 1.165) is 13.1 Å². The van der Waals surface area contributed by atoms with Gasteiger partial charge in [0.2, 0.25) is 0 Å². The van der Waals surface area contributed by atoms with Crippen LogP contribution in [0, 0.1) is 0 Å². The number of hydrogen-bond acceptors (Lipinski definition) is 2. The van der Waals surface area contributed by atoms with Gasteiger partial charge < -0.3 is 9.88 Å². The minimum Gasteiger partial charge on any atom is -0.328 e. The monoisotopic (exact) mass is 207 g/mol. The Morgan fingerprint density at radius 2 is 2.07 bits per heavy atom. The van der Waals surface area contributed by atoms with Crippen LogP contribution >= 0.6 is 0 Å². The Balaban J connectivity index is 2.30. The third-order valence-corrected chi connectivity index (χ3v) is 3.52. The van der Waals surface area contributed by atoms with Crippen LogP contribution < -0.4 is 5.32 Å². The topological polar surface area (TPSA) is 29.9 Å². The first-order chi connectivity index (χ1) is 7.13. The largest absolute Gasteiger partial charge is 0.328 e. The number of nitrogens with one attached hydrogen (secondary N) is 1. The molecule has 0 spiro atoms. The van der Waals surface area contributed by atoms with Crippen molar-refractivity contribution in [1.29, 1.82) is 0 Å². The fourth-order valence-electron chi connectivity index (χ4n) is 2.39. The van der Waals surface area contributed by atoms with Gasteiger partial charge >= 0.3 is 0 Å². The van der Waals surface area contributed by atoms with E-state index in [-0.39, 0.29) is 5.54 Å². The fraction of sp³-hybridized carbons (Fsp3) is 0.750. The van der Waals surface area contributed by atoms with Crippen LogP contribution in [0.2, 0.25) is 0 Å². The summed E-state index contributed by atoms with van der Waals surface area (Å²) >= 11 is 0. The SMILES string of the molecule is CC(C)c1cncn1C1(C)CCNCC1. The highest BCUT2D eigenvalue weighted by atomic mass is 15.1. The zero-order valence-corrected chi connectivity index (χ0v) is 9.95. The Kier molecular flexibility index (Phi) is 2.83. The van der Waals surface area contributed by atoms with E-state index in [9.17, 15) is 0 Å². The van der Waals surface area contributed by atoms with Crippen LogP contribution in [0.15, 0.2) is 12.5 Å². The van der Waals surface area contributed by atoms with Gasteiger partial charge in [-0.05, 0) is 38.8 Å². The van der Waals surface area contributed by atoms with Gasteiger partial charge in [-0.15, -0.1) is 0 Å². The van der Waals surface area contributed by atoms with Gasteiger partial charge in [0, 0.05) is 17.4 Å². The lowest BCUT2D eigenvalue weighted by atomic mass is 9.89. The molecule has 1 aliphatic rings. The van der Waals surface area contributed by atoms with E-state index in [1.54, 1.807) is 0 Å². The average molecular weight is 207 g/mol. The van der Waals surface area contributed by atoms with Crippen molar-refractivity contribution in [3.63, 3.8) is 0 Å². The third kappa shape index (κ3) is 1.93. The highest BCUT2D eigenvalue weighted by molar-refractivity contribution is 5.08. The third-order valence-electron chi connectivity index (χ3n) is 3.52. The molecule has 0 aliphatic carbocycles. The zero-order valence-electron chi connectivity index (χ0n) is 9.95. The molecule has 3 nitrogen and oxygen atoms in total. The second-order valence-electron chi connectivity index (χ2n) is 5.09. The molecule has 2 heterocycles. The highest BCUT2D eigenvalue weighted by Crippen LogP contribution is 2.30. The number of aromatic nitrogens is 2. The summed E-state index contributed by atoms with van der Waals surface area (Å²) in [6.07, 6.45) is 6.41. The van der Waals surface area contributed by atoms with Gasteiger partial charge in [0.25, 0.3) is 0 Å². The molecule has 0 saturated carbocycles. The number of nitrogens with zero attached hydrogens (tertiary/aromatic N) is 2. The van der Waals surface area contributed by atoms with Crippen molar-refractivity contribution in [1.82, 2.24) is 14.9 Å². The van der Waals surface area contributed by atoms with E-state index in [1.807, 2.05) is 12.5 Å². The molecule has 0 atom stereocenters. The summed E-state index contributed by atoms with van der Waals surface area (Å²) in [5.41, 5.74) is 1.63. The van der Waals surface area contributed by atoms with E-state index < -0.39 is 0 Å². The molecule has 0 amide bonds. The molecule has 1 fully saturated rings. The van der Waals surface area contributed by atoms with Gasteiger partial charge in [0.1, 0.15) is 0 Å². The second kappa shape index (κ2) is 3.97. The minimum absolute atomic E-state index is 0.265. The van der Waals surface area contributed by atoms with E-state index in [1.165, 1.54) is 18.5 Å². The quantitative estimate of drug-likeness (QED) is 0.805. The Hall–Kier alpha value is -0.830. The summed E-state index contributed by atoms with van der Waals surface area (Å²) in [5, 5.41) is 3.42. The van der Waals surface area contributed by atoms with E-state index in [4.69, 9.17) is 0 Å². The molecule has 1 aliphatic heterocycles. The van der Waals surface area contributed by atoms with Crippen molar-refractivity contribution >= 4 is 0 Å². The molecule has 15 heavy (non-hydrogen) atoms. The lowest BCUT2D eigenvalue weighted by molar-refractivity contribution is 0.224. The molecular weight excluding hydrogens is 186 g/mol. The van der Waals surface area contributed by atoms with Crippen LogP contribution in [0.3, 0.4) is 0 Å². The Bertz CT molecular complexity index is 321. The molecule has 1 N–H and O–H groups in total. The average Bonchev–Trinajstić information content (AvgIpc) is 2.67. The van der Waals surface area contributed by atoms with Crippen molar-refractivity contribution < 1.29 is 0 Å². The lowest BCUT2D eigenvalue weighted by Crippen LogP contribution is -2.42. The Morgan fingerprint density at radius 3 is 2.67 bits per heavy atom. The van der Waals surface area contributed by atoms with Gasteiger partial charge in [-0.1, -0.05) is 13.8 Å². The number of piperidine rings is 1. The van der Waals surface area contributed by atoms with Gasteiger partial charge in [-0.2, -0.15) is 0 Å². The number of hydrogen-bond donors (Lipinski definition) is 1. The fourth-order valence-corrected chi connectivity index (χ4v) is 2.39. The van der Waals surface area contributed by atoms with E-state index in [0.29, 0.717) is 5.92 Å². The highest BCUT2D eigenvalue weighted by Gasteiger charge is 2.30. The van der Waals surface area contributed by atoms with Crippen LogP contribution in [0.4, 0.5) is 0 Å².